The molecular weight excluding hydrogens is 690 g/mol. The first kappa shape index (κ1) is 31.7. The summed E-state index contributed by atoms with van der Waals surface area (Å²) in [5.74, 6) is -17.7. The molecule has 1 aromatic heterocycles. The van der Waals surface area contributed by atoms with Gasteiger partial charge in [-0.3, -0.25) is 9.59 Å². The molecule has 3 aromatic carbocycles. The highest BCUT2D eigenvalue weighted by Gasteiger charge is 2.76. The van der Waals surface area contributed by atoms with E-state index >= 15 is 8.78 Å². The summed E-state index contributed by atoms with van der Waals surface area (Å²) in [6, 6.07) is 10.2. The first-order valence-corrected chi connectivity index (χ1v) is 14.8. The number of carbonyl (C=O) groups excluding carboxylic acids is 2. The molecule has 1 saturated heterocycles. The molecule has 17 heteroatoms. The van der Waals surface area contributed by atoms with Crippen molar-refractivity contribution in [1.29, 1.82) is 0 Å². The van der Waals surface area contributed by atoms with Gasteiger partial charge in [-0.2, -0.15) is 0 Å². The lowest BCUT2D eigenvalue weighted by Crippen LogP contribution is -2.59. The number of methoxy groups -OCH3 is 1. The summed E-state index contributed by atoms with van der Waals surface area (Å²) in [5.41, 5.74) is -3.13. The van der Waals surface area contributed by atoms with Crippen LogP contribution in [0.3, 0.4) is 0 Å². The van der Waals surface area contributed by atoms with Crippen molar-refractivity contribution in [3.05, 3.63) is 116 Å². The van der Waals surface area contributed by atoms with Gasteiger partial charge in [-0.1, -0.05) is 30.3 Å². The number of halogens is 7. The van der Waals surface area contributed by atoms with Crippen LogP contribution in [0.25, 0.3) is 5.69 Å². The molecule has 0 unspecified atom stereocenters. The quantitative estimate of drug-likeness (QED) is 0.0839. The van der Waals surface area contributed by atoms with Crippen LogP contribution in [0.1, 0.15) is 23.9 Å². The fourth-order valence-corrected chi connectivity index (χ4v) is 7.79. The fourth-order valence-electron chi connectivity index (χ4n) is 6.87. The number of ether oxygens (including phenoxy) is 1. The molecule has 2 amide bonds. The number of para-hydroxylation sites is 1. The minimum atomic E-state index is -2.73. The van der Waals surface area contributed by atoms with Crippen LogP contribution >= 0.6 is 23.2 Å². The fraction of sp³-hybridized carbons (Fsp3) is 0.226. The molecule has 1 aliphatic carbocycles. The van der Waals surface area contributed by atoms with Crippen LogP contribution in [-0.2, 0) is 16.1 Å². The number of aromatic nitrogens is 3. The van der Waals surface area contributed by atoms with Crippen molar-refractivity contribution in [2.45, 2.75) is 34.7 Å². The standard InChI is InChI=1S/C31H19Cl2F5N4O6/c1-48-18-11-13(7-8-17(18)43)19-15-9-10-39-28(46)40(14-5-3-2-4-6-14)29(47)42(39)16(15)12-30(32)26(44)41(27(45)31(19,30)33)25-23(37)21(35)20(34)22(36)24(25)38/h2-9,11,16,19,43H,10,12H2,1H3/t16-,19+,30-,31+/m1/s1. The molecule has 0 spiro atoms. The average molecular weight is 709 g/mol. The minimum Gasteiger partial charge on any atom is -0.504 e. The predicted molar refractivity (Wildman–Crippen MR) is 159 cm³/mol. The van der Waals surface area contributed by atoms with Crippen LogP contribution < -0.4 is 21.0 Å². The van der Waals surface area contributed by atoms with Crippen molar-refractivity contribution in [2.75, 3.05) is 12.0 Å². The normalized spacial score (nSPS) is 24.7. The summed E-state index contributed by atoms with van der Waals surface area (Å²) in [6.07, 6.45) is 0.717. The maximum absolute atomic E-state index is 15.2. The highest BCUT2D eigenvalue weighted by atomic mass is 35.5. The highest BCUT2D eigenvalue weighted by Crippen LogP contribution is 2.64. The van der Waals surface area contributed by atoms with E-state index in [9.17, 15) is 37.5 Å². The number of rotatable bonds is 4. The van der Waals surface area contributed by atoms with Gasteiger partial charge in [0, 0.05) is 12.3 Å². The second kappa shape index (κ2) is 10.6. The molecule has 1 N–H and O–H groups in total. The zero-order chi connectivity index (χ0) is 34.6. The number of phenols is 1. The van der Waals surface area contributed by atoms with Crippen LogP contribution in [0, 0.1) is 29.1 Å². The van der Waals surface area contributed by atoms with E-state index in [1.165, 1.54) is 37.5 Å². The maximum atomic E-state index is 15.2. The van der Waals surface area contributed by atoms with Crippen molar-refractivity contribution in [2.24, 2.45) is 0 Å². The minimum absolute atomic E-state index is 0.0485. The molecule has 7 rings (SSSR count). The van der Waals surface area contributed by atoms with Crippen LogP contribution in [-0.4, -0.2) is 47.7 Å². The van der Waals surface area contributed by atoms with Crippen molar-refractivity contribution < 1.29 is 41.4 Å². The molecule has 2 aliphatic heterocycles. The number of amides is 2. The summed E-state index contributed by atoms with van der Waals surface area (Å²) in [6.45, 7) is -0.253. The maximum Gasteiger partial charge on any atom is 0.352 e. The highest BCUT2D eigenvalue weighted by molar-refractivity contribution is 6.58. The number of benzene rings is 3. The Kier molecular flexibility index (Phi) is 6.97. The lowest BCUT2D eigenvalue weighted by molar-refractivity contribution is -0.122. The molecule has 4 aromatic rings. The van der Waals surface area contributed by atoms with Gasteiger partial charge in [0.15, 0.2) is 44.5 Å². The SMILES string of the molecule is COc1cc([C@H]2C3=CCn4c(=O)n(-c5ccccc5)c(=O)n4[C@@H]3C[C@@]3(Cl)C(=O)N(c4c(F)c(F)c(F)c(F)c4F)C(=O)[C@@]23Cl)ccc1O. The number of hydrogen-bond donors (Lipinski definition) is 1. The Labute approximate surface area is 275 Å². The Morgan fingerprint density at radius 3 is 2.10 bits per heavy atom. The van der Waals surface area contributed by atoms with Gasteiger partial charge in [-0.25, -0.2) is 50.4 Å². The van der Waals surface area contributed by atoms with Crippen molar-refractivity contribution in [1.82, 2.24) is 13.9 Å². The van der Waals surface area contributed by atoms with Gasteiger partial charge in [-0.05, 0) is 35.4 Å². The van der Waals surface area contributed by atoms with Crippen LogP contribution in [0.15, 0.2) is 69.8 Å². The third-order valence-electron chi connectivity index (χ3n) is 9.04. The van der Waals surface area contributed by atoms with Gasteiger partial charge in [0.05, 0.1) is 25.4 Å². The third-order valence-corrected chi connectivity index (χ3v) is 10.5. The van der Waals surface area contributed by atoms with E-state index in [1.807, 2.05) is 0 Å². The number of imide groups is 1. The Balaban J connectivity index is 1.50. The number of anilines is 1. The molecule has 48 heavy (non-hydrogen) atoms. The summed E-state index contributed by atoms with van der Waals surface area (Å²) < 4.78 is 81.2. The largest absolute Gasteiger partial charge is 0.504 e. The second-order valence-corrected chi connectivity index (χ2v) is 12.6. The summed E-state index contributed by atoms with van der Waals surface area (Å²) in [4.78, 5) is 50.2. The average Bonchev–Trinajstić information content (AvgIpc) is 3.42. The zero-order valence-corrected chi connectivity index (χ0v) is 25.7. The lowest BCUT2D eigenvalue weighted by Gasteiger charge is -2.49. The summed E-state index contributed by atoms with van der Waals surface area (Å²) in [7, 11) is 1.21. The number of carbonyl (C=O) groups is 2. The van der Waals surface area contributed by atoms with E-state index in [2.05, 4.69) is 0 Å². The Morgan fingerprint density at radius 2 is 1.48 bits per heavy atom. The molecule has 1 saturated carbocycles. The van der Waals surface area contributed by atoms with Gasteiger partial charge in [0.25, 0.3) is 11.8 Å². The number of fused-ring (bicyclic) bond motifs is 4. The van der Waals surface area contributed by atoms with E-state index in [0.29, 0.717) is 0 Å². The van der Waals surface area contributed by atoms with Crippen molar-refractivity contribution in [3.63, 3.8) is 0 Å². The first-order valence-electron chi connectivity index (χ1n) is 14.1. The van der Waals surface area contributed by atoms with Crippen molar-refractivity contribution >= 4 is 40.7 Å². The van der Waals surface area contributed by atoms with E-state index in [4.69, 9.17) is 27.9 Å². The number of allylic oxidation sites excluding steroid dienone is 2. The Hall–Kier alpha value is -4.89. The molecule has 4 atom stereocenters. The van der Waals surface area contributed by atoms with Gasteiger partial charge in [-0.15, -0.1) is 23.2 Å². The van der Waals surface area contributed by atoms with E-state index in [1.54, 1.807) is 18.2 Å². The summed E-state index contributed by atoms with van der Waals surface area (Å²) >= 11 is 14.1. The zero-order valence-electron chi connectivity index (χ0n) is 24.2. The predicted octanol–water partition coefficient (Wildman–Crippen LogP) is 4.41. The smallest absolute Gasteiger partial charge is 0.352 e. The number of hydrogen-bond acceptors (Lipinski definition) is 6. The Bertz CT molecular complexity index is 2230. The van der Waals surface area contributed by atoms with Gasteiger partial charge in [0.1, 0.15) is 5.69 Å². The molecule has 248 valence electrons. The van der Waals surface area contributed by atoms with Gasteiger partial charge >= 0.3 is 11.4 Å². The molecular formula is C31H19Cl2F5N4O6. The molecule has 3 aliphatic rings. The Morgan fingerprint density at radius 1 is 0.854 bits per heavy atom. The molecule has 2 fully saturated rings. The summed E-state index contributed by atoms with van der Waals surface area (Å²) in [5, 5.41) is 10.3. The molecule has 10 nitrogen and oxygen atoms in total. The van der Waals surface area contributed by atoms with Gasteiger partial charge in [0.2, 0.25) is 5.82 Å². The number of alkyl halides is 2. The molecule has 3 heterocycles. The first-order chi connectivity index (χ1) is 22.7. The number of aromatic hydroxyl groups is 1. The van der Waals surface area contributed by atoms with Gasteiger partial charge < -0.3 is 9.84 Å². The molecule has 0 bridgehead atoms. The van der Waals surface area contributed by atoms with E-state index in [-0.39, 0.29) is 39.8 Å². The third kappa shape index (κ3) is 3.85. The van der Waals surface area contributed by atoms with Crippen LogP contribution in [0.2, 0.25) is 0 Å². The van der Waals surface area contributed by atoms with E-state index < -0.39 is 86.1 Å². The number of phenolic OH excluding ortho intramolecular Hbond substituents is 1. The monoisotopic (exact) mass is 708 g/mol. The van der Waals surface area contributed by atoms with Crippen LogP contribution in [0.4, 0.5) is 27.6 Å². The second-order valence-electron chi connectivity index (χ2n) is 11.3. The topological polar surface area (TPSA) is 116 Å². The van der Waals surface area contributed by atoms with Crippen molar-refractivity contribution in [3.8, 4) is 17.2 Å². The lowest BCUT2D eigenvalue weighted by atomic mass is 9.64. The number of nitrogens with zero attached hydrogens (tertiary/aromatic N) is 4. The molecule has 0 radical (unpaired) electrons. The van der Waals surface area contributed by atoms with Crippen LogP contribution in [0.5, 0.6) is 11.5 Å². The van der Waals surface area contributed by atoms with E-state index in [0.717, 1.165) is 20.0 Å².